The predicted molar refractivity (Wildman–Crippen MR) is 55.9 cm³/mol. The SMILES string of the molecule is Cn1cc(C(O)c2cnccc2N)cn1. The highest BCUT2D eigenvalue weighted by Gasteiger charge is 2.14. The number of rotatable bonds is 2. The number of nitrogen functional groups attached to an aromatic ring is 1. The average molecular weight is 204 g/mol. The van der Waals surface area contributed by atoms with E-state index in [1.807, 2.05) is 0 Å². The van der Waals surface area contributed by atoms with Crippen molar-refractivity contribution in [3.8, 4) is 0 Å². The number of pyridine rings is 1. The Morgan fingerprint density at radius 3 is 2.87 bits per heavy atom. The average Bonchev–Trinajstić information content (AvgIpc) is 2.65. The molecule has 3 N–H and O–H groups in total. The standard InChI is InChI=1S/C10H12N4O/c1-14-6-7(4-13-14)10(15)8-5-12-3-2-9(8)11/h2-6,10,15H,1H3,(H2,11,12). The Labute approximate surface area is 87.2 Å². The maximum atomic E-state index is 10.0. The normalized spacial score (nSPS) is 12.7. The lowest BCUT2D eigenvalue weighted by Crippen LogP contribution is -2.03. The number of hydrogen-bond donors (Lipinski definition) is 2. The van der Waals surface area contributed by atoms with Crippen molar-refractivity contribution in [1.82, 2.24) is 14.8 Å². The first kappa shape index (κ1) is 9.67. The topological polar surface area (TPSA) is 77.0 Å². The Morgan fingerprint density at radius 1 is 1.47 bits per heavy atom. The molecule has 0 aliphatic carbocycles. The van der Waals surface area contributed by atoms with Gasteiger partial charge in [0.25, 0.3) is 0 Å². The molecule has 0 spiro atoms. The molecule has 0 amide bonds. The molecule has 78 valence electrons. The number of aliphatic hydroxyl groups excluding tert-OH is 1. The zero-order valence-electron chi connectivity index (χ0n) is 8.33. The summed E-state index contributed by atoms with van der Waals surface area (Å²) >= 11 is 0. The van der Waals surface area contributed by atoms with Crippen LogP contribution >= 0.6 is 0 Å². The van der Waals surface area contributed by atoms with Gasteiger partial charge in [0.15, 0.2) is 0 Å². The second-order valence-electron chi connectivity index (χ2n) is 3.35. The molecule has 1 atom stereocenters. The van der Waals surface area contributed by atoms with Crippen molar-refractivity contribution in [2.24, 2.45) is 7.05 Å². The fraction of sp³-hybridized carbons (Fsp3) is 0.200. The number of nitrogens with zero attached hydrogens (tertiary/aromatic N) is 3. The maximum absolute atomic E-state index is 10.0. The van der Waals surface area contributed by atoms with E-state index in [1.54, 1.807) is 42.6 Å². The van der Waals surface area contributed by atoms with Gasteiger partial charge in [-0.1, -0.05) is 0 Å². The molecule has 2 heterocycles. The number of aromatic nitrogens is 3. The molecule has 0 saturated carbocycles. The number of aliphatic hydroxyl groups is 1. The minimum atomic E-state index is -0.771. The van der Waals surface area contributed by atoms with E-state index in [0.717, 1.165) is 0 Å². The third-order valence-electron chi connectivity index (χ3n) is 2.22. The van der Waals surface area contributed by atoms with Gasteiger partial charge in [-0.05, 0) is 6.07 Å². The third-order valence-corrected chi connectivity index (χ3v) is 2.22. The summed E-state index contributed by atoms with van der Waals surface area (Å²) in [5.74, 6) is 0. The van der Waals surface area contributed by atoms with Gasteiger partial charge in [-0.3, -0.25) is 9.67 Å². The van der Waals surface area contributed by atoms with Crippen LogP contribution in [0.2, 0.25) is 0 Å². The molecule has 1 unspecified atom stereocenters. The van der Waals surface area contributed by atoms with Crippen LogP contribution in [0.1, 0.15) is 17.2 Å². The number of nitrogens with two attached hydrogens (primary N) is 1. The van der Waals surface area contributed by atoms with Crippen molar-refractivity contribution in [1.29, 1.82) is 0 Å². The van der Waals surface area contributed by atoms with Gasteiger partial charge in [0, 0.05) is 42.5 Å². The number of anilines is 1. The van der Waals surface area contributed by atoms with Crippen LogP contribution in [0.3, 0.4) is 0 Å². The van der Waals surface area contributed by atoms with Crippen molar-refractivity contribution in [2.45, 2.75) is 6.10 Å². The number of aryl methyl sites for hydroxylation is 1. The molecular weight excluding hydrogens is 192 g/mol. The molecule has 0 fully saturated rings. The lowest BCUT2D eigenvalue weighted by molar-refractivity contribution is 0.220. The van der Waals surface area contributed by atoms with Crippen LogP contribution in [0, 0.1) is 0 Å². The van der Waals surface area contributed by atoms with Crippen LogP contribution in [0.25, 0.3) is 0 Å². The van der Waals surface area contributed by atoms with Crippen LogP contribution in [-0.4, -0.2) is 19.9 Å². The Morgan fingerprint density at radius 2 is 2.27 bits per heavy atom. The largest absolute Gasteiger partial charge is 0.398 e. The van der Waals surface area contributed by atoms with Gasteiger partial charge in [0.05, 0.1) is 6.20 Å². The van der Waals surface area contributed by atoms with Gasteiger partial charge in [-0.25, -0.2) is 0 Å². The molecule has 2 aromatic heterocycles. The zero-order valence-corrected chi connectivity index (χ0v) is 8.33. The van der Waals surface area contributed by atoms with Crippen molar-refractivity contribution in [2.75, 3.05) is 5.73 Å². The zero-order chi connectivity index (χ0) is 10.8. The molecule has 0 aliphatic heterocycles. The van der Waals surface area contributed by atoms with Crippen molar-refractivity contribution in [3.05, 3.63) is 42.0 Å². The summed E-state index contributed by atoms with van der Waals surface area (Å²) in [7, 11) is 1.79. The van der Waals surface area contributed by atoms with Gasteiger partial charge in [-0.15, -0.1) is 0 Å². The number of hydrogen-bond acceptors (Lipinski definition) is 4. The predicted octanol–water partition coefficient (Wildman–Crippen LogP) is 0.479. The fourth-order valence-electron chi connectivity index (χ4n) is 1.41. The molecule has 0 aliphatic rings. The summed E-state index contributed by atoms with van der Waals surface area (Å²) < 4.78 is 1.63. The minimum absolute atomic E-state index is 0.529. The molecule has 5 nitrogen and oxygen atoms in total. The first-order valence-electron chi connectivity index (χ1n) is 4.54. The Balaban J connectivity index is 2.36. The molecule has 15 heavy (non-hydrogen) atoms. The summed E-state index contributed by atoms with van der Waals surface area (Å²) in [6, 6.07) is 1.66. The summed E-state index contributed by atoms with van der Waals surface area (Å²) in [5.41, 5.74) is 7.58. The van der Waals surface area contributed by atoms with Gasteiger partial charge in [-0.2, -0.15) is 5.10 Å². The smallest absolute Gasteiger partial charge is 0.111 e. The van der Waals surface area contributed by atoms with Gasteiger partial charge >= 0.3 is 0 Å². The summed E-state index contributed by atoms with van der Waals surface area (Å²) in [6.07, 6.45) is 5.74. The van der Waals surface area contributed by atoms with Crippen molar-refractivity contribution >= 4 is 5.69 Å². The van der Waals surface area contributed by atoms with Gasteiger partial charge in [0.1, 0.15) is 6.10 Å². The van der Waals surface area contributed by atoms with Crippen LogP contribution in [-0.2, 0) is 7.05 Å². The first-order chi connectivity index (χ1) is 7.18. The maximum Gasteiger partial charge on any atom is 0.111 e. The highest BCUT2D eigenvalue weighted by atomic mass is 16.3. The lowest BCUT2D eigenvalue weighted by atomic mass is 10.1. The Kier molecular flexibility index (Phi) is 2.39. The van der Waals surface area contributed by atoms with E-state index in [0.29, 0.717) is 16.8 Å². The first-order valence-corrected chi connectivity index (χ1v) is 4.54. The Bertz CT molecular complexity index is 466. The molecule has 5 heteroatoms. The fourth-order valence-corrected chi connectivity index (χ4v) is 1.41. The van der Waals surface area contributed by atoms with Gasteiger partial charge in [0.2, 0.25) is 0 Å². The minimum Gasteiger partial charge on any atom is -0.398 e. The van der Waals surface area contributed by atoms with E-state index in [9.17, 15) is 5.11 Å². The van der Waals surface area contributed by atoms with E-state index >= 15 is 0 Å². The summed E-state index contributed by atoms with van der Waals surface area (Å²) in [6.45, 7) is 0. The molecular formula is C10H12N4O. The molecule has 0 saturated heterocycles. The van der Waals surface area contributed by atoms with Crippen LogP contribution in [0.15, 0.2) is 30.9 Å². The molecule has 0 aromatic carbocycles. The van der Waals surface area contributed by atoms with Crippen LogP contribution < -0.4 is 5.73 Å². The lowest BCUT2D eigenvalue weighted by Gasteiger charge is -2.10. The molecule has 0 bridgehead atoms. The Hall–Kier alpha value is -1.88. The second-order valence-corrected chi connectivity index (χ2v) is 3.35. The van der Waals surface area contributed by atoms with E-state index in [1.165, 1.54) is 0 Å². The van der Waals surface area contributed by atoms with E-state index in [2.05, 4.69) is 10.1 Å². The highest BCUT2D eigenvalue weighted by Crippen LogP contribution is 2.24. The highest BCUT2D eigenvalue weighted by molar-refractivity contribution is 5.48. The summed E-state index contributed by atoms with van der Waals surface area (Å²) in [5, 5.41) is 14.0. The third kappa shape index (κ3) is 1.82. The molecule has 2 rings (SSSR count). The monoisotopic (exact) mass is 204 g/mol. The van der Waals surface area contributed by atoms with Crippen LogP contribution in [0.5, 0.6) is 0 Å². The van der Waals surface area contributed by atoms with Crippen molar-refractivity contribution in [3.63, 3.8) is 0 Å². The molecule has 2 aromatic rings. The quantitative estimate of drug-likeness (QED) is 0.745. The summed E-state index contributed by atoms with van der Waals surface area (Å²) in [4.78, 5) is 3.93. The van der Waals surface area contributed by atoms with Crippen molar-refractivity contribution < 1.29 is 5.11 Å². The van der Waals surface area contributed by atoms with E-state index in [-0.39, 0.29) is 0 Å². The van der Waals surface area contributed by atoms with Crippen LogP contribution in [0.4, 0.5) is 5.69 Å². The van der Waals surface area contributed by atoms with Gasteiger partial charge < -0.3 is 10.8 Å². The molecule has 0 radical (unpaired) electrons. The van der Waals surface area contributed by atoms with E-state index in [4.69, 9.17) is 5.73 Å². The van der Waals surface area contributed by atoms with E-state index < -0.39 is 6.10 Å². The second kappa shape index (κ2) is 3.70.